The maximum Gasteiger partial charge on any atom is 0.360 e. The molecule has 0 aliphatic heterocycles. The first kappa shape index (κ1) is 10.5. The molecule has 0 fully saturated rings. The van der Waals surface area contributed by atoms with Gasteiger partial charge in [-0.1, -0.05) is 0 Å². The first-order valence-electron chi connectivity index (χ1n) is 4.54. The molecule has 1 rings (SSSR count). The molecule has 0 atom stereocenters. The van der Waals surface area contributed by atoms with Crippen molar-refractivity contribution < 1.29 is 14.3 Å². The molecule has 76 valence electrons. The molecule has 0 unspecified atom stereocenters. The smallest absolute Gasteiger partial charge is 0.360 e. The highest BCUT2D eigenvalue weighted by atomic mass is 16.5. The van der Waals surface area contributed by atoms with Crippen LogP contribution in [0.2, 0.25) is 0 Å². The summed E-state index contributed by atoms with van der Waals surface area (Å²) in [6, 6.07) is 3.41. The van der Waals surface area contributed by atoms with Crippen molar-refractivity contribution in [1.29, 1.82) is 0 Å². The molecular weight excluding hydrogens is 182 g/mol. The average molecular weight is 195 g/mol. The van der Waals surface area contributed by atoms with Crippen LogP contribution in [-0.2, 0) is 4.74 Å². The Morgan fingerprint density at radius 3 is 2.86 bits per heavy atom. The van der Waals surface area contributed by atoms with Gasteiger partial charge in [0.05, 0.1) is 13.2 Å². The van der Waals surface area contributed by atoms with Crippen LogP contribution in [0.1, 0.15) is 24.3 Å². The molecule has 1 aromatic heterocycles. The van der Waals surface area contributed by atoms with E-state index in [1.54, 1.807) is 19.1 Å². The molecule has 0 amide bonds. The molecule has 1 aromatic rings. The fourth-order valence-corrected chi connectivity index (χ4v) is 1.02. The van der Waals surface area contributed by atoms with Crippen LogP contribution < -0.4 is 4.74 Å². The summed E-state index contributed by atoms with van der Waals surface area (Å²) in [5.74, 6) is 0.0185. The van der Waals surface area contributed by atoms with E-state index in [-0.39, 0.29) is 5.69 Å². The highest BCUT2D eigenvalue weighted by molar-refractivity contribution is 5.90. The van der Waals surface area contributed by atoms with Crippen LogP contribution in [-0.4, -0.2) is 24.2 Å². The molecule has 14 heavy (non-hydrogen) atoms. The number of pyridine rings is 1. The van der Waals surface area contributed by atoms with Crippen molar-refractivity contribution in [3.63, 3.8) is 0 Å². The van der Waals surface area contributed by atoms with E-state index < -0.39 is 5.97 Å². The Balaban J connectivity index is 2.88. The van der Waals surface area contributed by atoms with Gasteiger partial charge in [-0.3, -0.25) is 0 Å². The zero-order chi connectivity index (χ0) is 10.4. The molecule has 4 heteroatoms. The van der Waals surface area contributed by atoms with Crippen molar-refractivity contribution in [2.24, 2.45) is 0 Å². The van der Waals surface area contributed by atoms with E-state index in [1.165, 1.54) is 6.20 Å². The van der Waals surface area contributed by atoms with E-state index in [1.807, 2.05) is 6.92 Å². The fourth-order valence-electron chi connectivity index (χ4n) is 1.02. The molecule has 0 aliphatic carbocycles. The molecule has 0 saturated heterocycles. The van der Waals surface area contributed by atoms with E-state index in [0.717, 1.165) is 0 Å². The Hall–Kier alpha value is -1.58. The number of nitrogens with zero attached hydrogens (tertiary/aromatic N) is 1. The maximum absolute atomic E-state index is 11.4. The van der Waals surface area contributed by atoms with Gasteiger partial charge < -0.3 is 9.47 Å². The molecule has 0 bridgehead atoms. The number of carbonyl (C=O) groups is 1. The standard InChI is InChI=1S/C10H13NO3/c1-3-13-8-6-5-7-11-9(8)10(12)14-4-2/h5-7H,3-4H2,1-2H3. The van der Waals surface area contributed by atoms with Crippen LogP contribution in [0.3, 0.4) is 0 Å². The van der Waals surface area contributed by atoms with Gasteiger partial charge in [0, 0.05) is 6.20 Å². The van der Waals surface area contributed by atoms with Crippen LogP contribution in [0, 0.1) is 0 Å². The second kappa shape index (κ2) is 5.21. The van der Waals surface area contributed by atoms with Gasteiger partial charge in [0.15, 0.2) is 11.4 Å². The number of rotatable bonds is 4. The maximum atomic E-state index is 11.4. The Labute approximate surface area is 82.9 Å². The highest BCUT2D eigenvalue weighted by Gasteiger charge is 2.14. The molecule has 1 heterocycles. The van der Waals surface area contributed by atoms with Gasteiger partial charge in [-0.25, -0.2) is 9.78 Å². The predicted octanol–water partition coefficient (Wildman–Crippen LogP) is 1.66. The Morgan fingerprint density at radius 1 is 1.43 bits per heavy atom. The van der Waals surface area contributed by atoms with Gasteiger partial charge in [-0.2, -0.15) is 0 Å². The summed E-state index contributed by atoms with van der Waals surface area (Å²) in [6.07, 6.45) is 1.54. The summed E-state index contributed by atoms with van der Waals surface area (Å²) in [5, 5.41) is 0. The SMILES string of the molecule is CCOC(=O)c1ncccc1OCC. The third kappa shape index (κ3) is 2.45. The van der Waals surface area contributed by atoms with Crippen LogP contribution in [0.25, 0.3) is 0 Å². The van der Waals surface area contributed by atoms with Gasteiger partial charge in [0.1, 0.15) is 0 Å². The van der Waals surface area contributed by atoms with E-state index >= 15 is 0 Å². The zero-order valence-electron chi connectivity index (χ0n) is 8.32. The summed E-state index contributed by atoms with van der Waals surface area (Å²) in [4.78, 5) is 15.3. The van der Waals surface area contributed by atoms with Crippen molar-refractivity contribution in [1.82, 2.24) is 4.98 Å². The molecule has 4 nitrogen and oxygen atoms in total. The number of hydrogen-bond acceptors (Lipinski definition) is 4. The van der Waals surface area contributed by atoms with Gasteiger partial charge in [-0.05, 0) is 26.0 Å². The second-order valence-corrected chi connectivity index (χ2v) is 2.50. The lowest BCUT2D eigenvalue weighted by molar-refractivity contribution is 0.0514. The molecular formula is C10H13NO3. The number of esters is 1. The van der Waals surface area contributed by atoms with Crippen molar-refractivity contribution in [2.75, 3.05) is 13.2 Å². The monoisotopic (exact) mass is 195 g/mol. The average Bonchev–Trinajstić information content (AvgIpc) is 2.19. The first-order valence-corrected chi connectivity index (χ1v) is 4.54. The normalized spacial score (nSPS) is 9.57. The predicted molar refractivity (Wildman–Crippen MR) is 51.4 cm³/mol. The lowest BCUT2D eigenvalue weighted by Gasteiger charge is -2.07. The van der Waals surface area contributed by atoms with E-state index in [2.05, 4.69) is 4.98 Å². The van der Waals surface area contributed by atoms with E-state index in [0.29, 0.717) is 19.0 Å². The molecule has 0 aliphatic rings. The van der Waals surface area contributed by atoms with Crippen LogP contribution in [0.4, 0.5) is 0 Å². The molecule has 0 saturated carbocycles. The van der Waals surface area contributed by atoms with Gasteiger partial charge in [0.2, 0.25) is 0 Å². The van der Waals surface area contributed by atoms with Crippen LogP contribution in [0.15, 0.2) is 18.3 Å². The minimum Gasteiger partial charge on any atom is -0.491 e. The molecule has 0 N–H and O–H groups in total. The van der Waals surface area contributed by atoms with E-state index in [4.69, 9.17) is 9.47 Å². The number of carbonyl (C=O) groups excluding carboxylic acids is 1. The third-order valence-corrected chi connectivity index (χ3v) is 1.54. The minimum absolute atomic E-state index is 0.233. The topological polar surface area (TPSA) is 48.4 Å². The summed E-state index contributed by atoms with van der Waals surface area (Å²) in [6.45, 7) is 4.43. The van der Waals surface area contributed by atoms with Crippen LogP contribution >= 0.6 is 0 Å². The molecule has 0 radical (unpaired) electrons. The quantitative estimate of drug-likeness (QED) is 0.685. The van der Waals surface area contributed by atoms with Crippen molar-refractivity contribution in [3.05, 3.63) is 24.0 Å². The molecule has 0 spiro atoms. The summed E-state index contributed by atoms with van der Waals surface area (Å²) >= 11 is 0. The lowest BCUT2D eigenvalue weighted by Crippen LogP contribution is -2.09. The first-order chi connectivity index (χ1) is 6.79. The van der Waals surface area contributed by atoms with Crippen molar-refractivity contribution in [3.8, 4) is 5.75 Å². The zero-order valence-corrected chi connectivity index (χ0v) is 8.32. The van der Waals surface area contributed by atoms with Crippen molar-refractivity contribution >= 4 is 5.97 Å². The molecule has 0 aromatic carbocycles. The van der Waals surface area contributed by atoms with Gasteiger partial charge >= 0.3 is 5.97 Å². The Morgan fingerprint density at radius 2 is 2.21 bits per heavy atom. The minimum atomic E-state index is -0.448. The highest BCUT2D eigenvalue weighted by Crippen LogP contribution is 2.15. The largest absolute Gasteiger partial charge is 0.491 e. The summed E-state index contributed by atoms with van der Waals surface area (Å²) < 4.78 is 10.1. The van der Waals surface area contributed by atoms with Crippen LogP contribution in [0.5, 0.6) is 5.75 Å². The third-order valence-electron chi connectivity index (χ3n) is 1.54. The number of hydrogen-bond donors (Lipinski definition) is 0. The second-order valence-electron chi connectivity index (χ2n) is 2.50. The Bertz CT molecular complexity index is 312. The Kier molecular flexibility index (Phi) is 3.91. The van der Waals surface area contributed by atoms with Gasteiger partial charge in [-0.15, -0.1) is 0 Å². The fraction of sp³-hybridized carbons (Fsp3) is 0.400. The van der Waals surface area contributed by atoms with Gasteiger partial charge in [0.25, 0.3) is 0 Å². The lowest BCUT2D eigenvalue weighted by atomic mass is 10.3. The number of ether oxygens (including phenoxy) is 2. The van der Waals surface area contributed by atoms with E-state index in [9.17, 15) is 4.79 Å². The summed E-state index contributed by atoms with van der Waals surface area (Å²) in [7, 11) is 0. The summed E-state index contributed by atoms with van der Waals surface area (Å²) in [5.41, 5.74) is 0.233. The number of aromatic nitrogens is 1. The van der Waals surface area contributed by atoms with Crippen molar-refractivity contribution in [2.45, 2.75) is 13.8 Å².